The van der Waals surface area contributed by atoms with Gasteiger partial charge in [-0.2, -0.15) is 0 Å². The summed E-state index contributed by atoms with van der Waals surface area (Å²) < 4.78 is 0. The number of nitrogens with one attached hydrogen (secondary N) is 2. The first-order valence-electron chi connectivity index (χ1n) is 12.9. The van der Waals surface area contributed by atoms with E-state index in [1.165, 1.54) is 37.6 Å². The number of amides is 2. The Balaban J connectivity index is 1.19. The van der Waals surface area contributed by atoms with Crippen molar-refractivity contribution in [3.8, 4) is 0 Å². The SMILES string of the molecule is O=C(c1cc(Nc2ccc3c(c2)CC2(C3)C(=O)Nc3ncccc32)ncn1)N1CCCCCCCC1. The first-order chi connectivity index (χ1) is 17.6. The molecule has 1 spiro atoms. The van der Waals surface area contributed by atoms with Gasteiger partial charge in [0.2, 0.25) is 5.91 Å². The zero-order valence-electron chi connectivity index (χ0n) is 20.3. The van der Waals surface area contributed by atoms with Crippen molar-refractivity contribution in [2.75, 3.05) is 23.7 Å². The molecule has 1 atom stereocenters. The van der Waals surface area contributed by atoms with E-state index in [9.17, 15) is 9.59 Å². The van der Waals surface area contributed by atoms with Crippen LogP contribution in [0.4, 0.5) is 17.3 Å². The second kappa shape index (κ2) is 9.33. The van der Waals surface area contributed by atoms with Gasteiger partial charge in [0.25, 0.3) is 5.91 Å². The number of carbonyl (C=O) groups excluding carboxylic acids is 2. The summed E-state index contributed by atoms with van der Waals surface area (Å²) in [4.78, 5) is 41.1. The highest BCUT2D eigenvalue weighted by Gasteiger charge is 2.51. The standard InChI is InChI=1S/C28H30N6O2/c35-26(34-12-5-3-1-2-4-6-13-34)23-15-24(31-18-30-23)32-21-10-9-19-16-28(17-20(19)14-21)22-8-7-11-29-25(22)33-27(28)36/h7-11,14-15,18H,1-6,12-13,16-17H2,(H,29,33,36)(H,30,31,32). The minimum Gasteiger partial charge on any atom is -0.340 e. The monoisotopic (exact) mass is 482 g/mol. The molecule has 0 bridgehead atoms. The molecule has 1 unspecified atom stereocenters. The van der Waals surface area contributed by atoms with E-state index in [4.69, 9.17) is 0 Å². The molecule has 184 valence electrons. The van der Waals surface area contributed by atoms with Crippen LogP contribution in [0.1, 0.15) is 65.7 Å². The molecule has 3 aromatic rings. The lowest BCUT2D eigenvalue weighted by Crippen LogP contribution is -2.35. The van der Waals surface area contributed by atoms with Crippen LogP contribution in [-0.2, 0) is 23.1 Å². The van der Waals surface area contributed by atoms with E-state index in [1.807, 2.05) is 23.1 Å². The minimum absolute atomic E-state index is 0.0146. The van der Waals surface area contributed by atoms with Crippen molar-refractivity contribution in [3.63, 3.8) is 0 Å². The Bertz CT molecular complexity index is 1310. The molecule has 1 aromatic carbocycles. The molecule has 36 heavy (non-hydrogen) atoms. The number of rotatable bonds is 3. The van der Waals surface area contributed by atoms with Gasteiger partial charge in [-0.1, -0.05) is 37.8 Å². The van der Waals surface area contributed by atoms with Gasteiger partial charge in [0.1, 0.15) is 23.7 Å². The number of carbonyl (C=O) groups is 2. The van der Waals surface area contributed by atoms with Crippen LogP contribution in [0.3, 0.4) is 0 Å². The molecule has 1 fully saturated rings. The molecule has 0 radical (unpaired) electrons. The number of hydrogen-bond donors (Lipinski definition) is 2. The Morgan fingerprint density at radius 2 is 1.69 bits per heavy atom. The number of nitrogens with zero attached hydrogens (tertiary/aromatic N) is 4. The molecular weight excluding hydrogens is 452 g/mol. The first-order valence-corrected chi connectivity index (χ1v) is 12.9. The van der Waals surface area contributed by atoms with Gasteiger partial charge >= 0.3 is 0 Å². The minimum atomic E-state index is -0.593. The van der Waals surface area contributed by atoms with E-state index in [0.717, 1.165) is 42.7 Å². The zero-order chi connectivity index (χ0) is 24.5. The predicted octanol–water partition coefficient (Wildman–Crippen LogP) is 4.40. The normalized spacial score (nSPS) is 21.2. The lowest BCUT2D eigenvalue weighted by atomic mass is 9.79. The van der Waals surface area contributed by atoms with Crippen molar-refractivity contribution in [2.24, 2.45) is 0 Å². The van der Waals surface area contributed by atoms with Crippen LogP contribution in [0.2, 0.25) is 0 Å². The molecule has 2 N–H and O–H groups in total. The van der Waals surface area contributed by atoms with E-state index in [2.05, 4.69) is 37.7 Å². The Morgan fingerprint density at radius 1 is 0.917 bits per heavy atom. The maximum absolute atomic E-state index is 13.2. The van der Waals surface area contributed by atoms with E-state index < -0.39 is 5.41 Å². The van der Waals surface area contributed by atoms with Gasteiger partial charge in [0.15, 0.2) is 0 Å². The summed E-state index contributed by atoms with van der Waals surface area (Å²) in [6.45, 7) is 1.56. The molecule has 0 saturated carbocycles. The summed E-state index contributed by atoms with van der Waals surface area (Å²) in [6, 6.07) is 11.8. The Hall–Kier alpha value is -3.81. The zero-order valence-corrected chi connectivity index (χ0v) is 20.3. The number of benzene rings is 1. The Kier molecular flexibility index (Phi) is 5.87. The fourth-order valence-corrected chi connectivity index (χ4v) is 5.82. The van der Waals surface area contributed by atoms with Crippen LogP contribution in [0.5, 0.6) is 0 Å². The number of aromatic nitrogens is 3. The van der Waals surface area contributed by atoms with Crippen molar-refractivity contribution in [3.05, 3.63) is 71.3 Å². The van der Waals surface area contributed by atoms with Crippen LogP contribution in [0.25, 0.3) is 0 Å². The van der Waals surface area contributed by atoms with Gasteiger partial charge in [0.05, 0.1) is 5.41 Å². The van der Waals surface area contributed by atoms with Gasteiger partial charge < -0.3 is 15.5 Å². The molecule has 1 saturated heterocycles. The average Bonchev–Trinajstić information content (AvgIpc) is 3.45. The number of pyridine rings is 1. The van der Waals surface area contributed by atoms with Crippen LogP contribution >= 0.6 is 0 Å². The highest BCUT2D eigenvalue weighted by molar-refractivity contribution is 6.06. The van der Waals surface area contributed by atoms with Crippen molar-refractivity contribution in [1.82, 2.24) is 19.9 Å². The fourth-order valence-electron chi connectivity index (χ4n) is 5.82. The van der Waals surface area contributed by atoms with E-state index in [1.54, 1.807) is 12.3 Å². The number of fused-ring (bicyclic) bond motifs is 3. The van der Waals surface area contributed by atoms with E-state index >= 15 is 0 Å². The highest BCUT2D eigenvalue weighted by Crippen LogP contribution is 2.47. The molecule has 1 aliphatic carbocycles. The molecule has 6 rings (SSSR count). The maximum atomic E-state index is 13.2. The summed E-state index contributed by atoms with van der Waals surface area (Å²) in [6.07, 6.45) is 11.4. The number of anilines is 3. The lowest BCUT2D eigenvalue weighted by molar-refractivity contribution is -0.120. The smallest absolute Gasteiger partial charge is 0.272 e. The third-order valence-electron chi connectivity index (χ3n) is 7.73. The molecule has 2 aliphatic heterocycles. The first kappa shape index (κ1) is 22.6. The van der Waals surface area contributed by atoms with Crippen molar-refractivity contribution in [1.29, 1.82) is 0 Å². The second-order valence-corrected chi connectivity index (χ2v) is 10.1. The maximum Gasteiger partial charge on any atom is 0.272 e. The van der Waals surface area contributed by atoms with Gasteiger partial charge in [-0.25, -0.2) is 15.0 Å². The van der Waals surface area contributed by atoms with Crippen LogP contribution < -0.4 is 10.6 Å². The fraction of sp³-hybridized carbons (Fsp3) is 0.393. The second-order valence-electron chi connectivity index (χ2n) is 10.1. The summed E-state index contributed by atoms with van der Waals surface area (Å²) in [5.41, 5.74) is 3.96. The summed E-state index contributed by atoms with van der Waals surface area (Å²) in [7, 11) is 0. The van der Waals surface area contributed by atoms with Crippen LogP contribution in [0, 0.1) is 0 Å². The van der Waals surface area contributed by atoms with E-state index in [-0.39, 0.29) is 11.8 Å². The van der Waals surface area contributed by atoms with Crippen molar-refractivity contribution >= 4 is 29.1 Å². The topological polar surface area (TPSA) is 100 Å². The van der Waals surface area contributed by atoms with Crippen LogP contribution in [0.15, 0.2) is 48.9 Å². The highest BCUT2D eigenvalue weighted by atomic mass is 16.2. The molecule has 2 amide bonds. The van der Waals surface area contributed by atoms with E-state index in [0.29, 0.717) is 30.2 Å². The average molecular weight is 483 g/mol. The molecule has 3 aliphatic rings. The van der Waals surface area contributed by atoms with Crippen molar-refractivity contribution in [2.45, 2.75) is 56.8 Å². The lowest BCUT2D eigenvalue weighted by Gasteiger charge is -2.21. The molecule has 4 heterocycles. The quantitative estimate of drug-likeness (QED) is 0.574. The third kappa shape index (κ3) is 4.10. The molecule has 2 aromatic heterocycles. The molecular formula is C28H30N6O2. The third-order valence-corrected chi connectivity index (χ3v) is 7.73. The largest absolute Gasteiger partial charge is 0.340 e. The van der Waals surface area contributed by atoms with Gasteiger partial charge in [-0.15, -0.1) is 0 Å². The summed E-state index contributed by atoms with van der Waals surface area (Å²) in [5.74, 6) is 1.24. The Morgan fingerprint density at radius 3 is 2.53 bits per heavy atom. The predicted molar refractivity (Wildman–Crippen MR) is 137 cm³/mol. The number of hydrogen-bond acceptors (Lipinski definition) is 6. The summed E-state index contributed by atoms with van der Waals surface area (Å²) in [5, 5.41) is 6.29. The van der Waals surface area contributed by atoms with Crippen LogP contribution in [-0.4, -0.2) is 44.8 Å². The van der Waals surface area contributed by atoms with Gasteiger partial charge in [-0.05, 0) is 55.0 Å². The van der Waals surface area contributed by atoms with Gasteiger partial charge in [-0.3, -0.25) is 9.59 Å². The van der Waals surface area contributed by atoms with Crippen molar-refractivity contribution < 1.29 is 9.59 Å². The Labute approximate surface area is 210 Å². The van der Waals surface area contributed by atoms with Gasteiger partial charge in [0, 0.05) is 36.6 Å². The molecule has 8 heteroatoms. The molecule has 8 nitrogen and oxygen atoms in total. The summed E-state index contributed by atoms with van der Waals surface area (Å²) >= 11 is 0.